The molecule has 0 aliphatic carbocycles. The number of hydrogen-bond acceptors (Lipinski definition) is 2. The zero-order chi connectivity index (χ0) is 13.4. The summed E-state index contributed by atoms with van der Waals surface area (Å²) < 4.78 is 0. The van der Waals surface area contributed by atoms with Crippen LogP contribution < -0.4 is 5.73 Å². The lowest BCUT2D eigenvalue weighted by molar-refractivity contribution is 0.103. The number of ketones is 1. The van der Waals surface area contributed by atoms with Crippen LogP contribution in [0.1, 0.15) is 32.9 Å². The molecule has 0 aliphatic heterocycles. The van der Waals surface area contributed by atoms with Crippen molar-refractivity contribution in [1.82, 2.24) is 4.98 Å². The lowest BCUT2D eigenvalue weighted by atomic mass is 10.0. The topological polar surface area (TPSA) is 58.9 Å². The van der Waals surface area contributed by atoms with E-state index in [0.717, 1.165) is 16.8 Å². The molecule has 3 nitrogen and oxygen atoms in total. The molecule has 94 valence electrons. The van der Waals surface area contributed by atoms with Gasteiger partial charge in [0.05, 0.1) is 5.69 Å². The third-order valence-electron chi connectivity index (χ3n) is 3.30. The van der Waals surface area contributed by atoms with Gasteiger partial charge in [-0.25, -0.2) is 0 Å². The normalized spacial score (nSPS) is 10.7. The van der Waals surface area contributed by atoms with Crippen LogP contribution in [-0.4, -0.2) is 10.8 Å². The Morgan fingerprint density at radius 3 is 2.39 bits per heavy atom. The molecule has 18 heavy (non-hydrogen) atoms. The van der Waals surface area contributed by atoms with Crippen molar-refractivity contribution < 1.29 is 4.79 Å². The highest BCUT2D eigenvalue weighted by Gasteiger charge is 2.18. The fraction of sp³-hybridized carbons (Fsp3) is 0.214. The molecule has 0 radical (unpaired) electrons. The van der Waals surface area contributed by atoms with Gasteiger partial charge in [-0.15, -0.1) is 0 Å². The second-order valence-electron chi connectivity index (χ2n) is 4.44. The minimum absolute atomic E-state index is 0.0992. The number of aromatic amines is 1. The molecule has 0 fully saturated rings. The quantitative estimate of drug-likeness (QED) is 0.644. The maximum atomic E-state index is 12.4. The van der Waals surface area contributed by atoms with E-state index in [1.165, 1.54) is 0 Å². The predicted octanol–water partition coefficient (Wildman–Crippen LogP) is 3.41. The first kappa shape index (κ1) is 12.7. The minimum Gasteiger partial charge on any atom is -0.398 e. The summed E-state index contributed by atoms with van der Waals surface area (Å²) in [7, 11) is 0. The van der Waals surface area contributed by atoms with Crippen molar-refractivity contribution in [3.8, 4) is 0 Å². The van der Waals surface area contributed by atoms with E-state index in [2.05, 4.69) is 4.98 Å². The van der Waals surface area contributed by atoms with Gasteiger partial charge in [-0.3, -0.25) is 4.79 Å². The number of nitrogens with one attached hydrogen (secondary N) is 1. The number of aromatic nitrogens is 1. The molecule has 1 aromatic heterocycles. The smallest absolute Gasteiger partial charge is 0.211 e. The maximum absolute atomic E-state index is 12.4. The average Bonchev–Trinajstić information content (AvgIpc) is 2.56. The Balaban J connectivity index is 2.51. The Morgan fingerprint density at radius 2 is 1.89 bits per heavy atom. The number of rotatable bonds is 2. The summed E-state index contributed by atoms with van der Waals surface area (Å²) in [5.41, 5.74) is 10.4. The van der Waals surface area contributed by atoms with E-state index in [0.29, 0.717) is 22.0 Å². The monoisotopic (exact) mass is 262 g/mol. The van der Waals surface area contributed by atoms with Crippen LogP contribution in [0.15, 0.2) is 18.2 Å². The third kappa shape index (κ3) is 2.02. The average molecular weight is 263 g/mol. The number of carbonyl (C=O) groups excluding carboxylic acids is 1. The molecular weight excluding hydrogens is 248 g/mol. The molecule has 2 aromatic rings. The standard InChI is InChI=1S/C14H15ClN2O/c1-7-8(2)13(17-9(7)3)14(18)11-5-4-10(15)6-12(11)16/h4-6,17H,16H2,1-3H3. The summed E-state index contributed by atoms with van der Waals surface area (Å²) in [6.45, 7) is 5.87. The zero-order valence-electron chi connectivity index (χ0n) is 10.6. The molecule has 0 aliphatic rings. The molecule has 0 bridgehead atoms. The molecule has 4 heteroatoms. The van der Waals surface area contributed by atoms with E-state index in [1.807, 2.05) is 20.8 Å². The van der Waals surface area contributed by atoms with Gasteiger partial charge < -0.3 is 10.7 Å². The number of carbonyl (C=O) groups is 1. The molecule has 0 amide bonds. The van der Waals surface area contributed by atoms with Crippen LogP contribution in [0.2, 0.25) is 5.02 Å². The number of aryl methyl sites for hydroxylation is 1. The highest BCUT2D eigenvalue weighted by molar-refractivity contribution is 6.31. The zero-order valence-corrected chi connectivity index (χ0v) is 11.4. The minimum atomic E-state index is -0.0992. The second-order valence-corrected chi connectivity index (χ2v) is 4.87. The highest BCUT2D eigenvalue weighted by atomic mass is 35.5. The van der Waals surface area contributed by atoms with Crippen molar-refractivity contribution in [3.63, 3.8) is 0 Å². The molecule has 1 heterocycles. The van der Waals surface area contributed by atoms with E-state index in [4.69, 9.17) is 17.3 Å². The number of hydrogen-bond donors (Lipinski definition) is 2. The fourth-order valence-electron chi connectivity index (χ4n) is 1.95. The molecule has 0 unspecified atom stereocenters. The number of H-pyrrole nitrogens is 1. The van der Waals surface area contributed by atoms with E-state index in [-0.39, 0.29) is 5.78 Å². The van der Waals surface area contributed by atoms with Crippen LogP contribution in [0.4, 0.5) is 5.69 Å². The molecule has 1 aromatic carbocycles. The maximum Gasteiger partial charge on any atom is 0.211 e. The van der Waals surface area contributed by atoms with Gasteiger partial charge in [-0.1, -0.05) is 11.6 Å². The number of nitrogens with two attached hydrogens (primary N) is 1. The van der Waals surface area contributed by atoms with Crippen molar-refractivity contribution in [2.45, 2.75) is 20.8 Å². The SMILES string of the molecule is Cc1[nH]c(C(=O)c2ccc(Cl)cc2N)c(C)c1C. The Labute approximate surface area is 111 Å². The Morgan fingerprint density at radius 1 is 1.22 bits per heavy atom. The van der Waals surface area contributed by atoms with Crippen LogP contribution in [0, 0.1) is 20.8 Å². The number of anilines is 1. The van der Waals surface area contributed by atoms with Crippen molar-refractivity contribution in [1.29, 1.82) is 0 Å². The van der Waals surface area contributed by atoms with Gasteiger partial charge in [0.2, 0.25) is 5.78 Å². The summed E-state index contributed by atoms with van der Waals surface area (Å²) in [5.74, 6) is -0.0992. The Bertz CT molecular complexity index is 629. The van der Waals surface area contributed by atoms with Crippen molar-refractivity contribution >= 4 is 23.1 Å². The molecule has 0 spiro atoms. The highest BCUT2D eigenvalue weighted by Crippen LogP contribution is 2.24. The first-order valence-corrected chi connectivity index (χ1v) is 6.05. The van der Waals surface area contributed by atoms with E-state index >= 15 is 0 Å². The van der Waals surface area contributed by atoms with Gasteiger partial charge in [0.1, 0.15) is 0 Å². The molecular formula is C14H15ClN2O. The largest absolute Gasteiger partial charge is 0.398 e. The van der Waals surface area contributed by atoms with E-state index < -0.39 is 0 Å². The predicted molar refractivity (Wildman–Crippen MR) is 74.3 cm³/mol. The molecule has 2 rings (SSSR count). The third-order valence-corrected chi connectivity index (χ3v) is 3.53. The molecule has 0 saturated carbocycles. The Hall–Kier alpha value is -1.74. The fourth-order valence-corrected chi connectivity index (χ4v) is 2.13. The second kappa shape index (κ2) is 4.50. The van der Waals surface area contributed by atoms with Crippen LogP contribution in [0.3, 0.4) is 0 Å². The number of halogens is 1. The molecule has 3 N–H and O–H groups in total. The van der Waals surface area contributed by atoms with Crippen LogP contribution >= 0.6 is 11.6 Å². The first-order chi connectivity index (χ1) is 8.41. The van der Waals surface area contributed by atoms with E-state index in [9.17, 15) is 4.79 Å². The number of benzene rings is 1. The Kier molecular flexibility index (Phi) is 3.18. The van der Waals surface area contributed by atoms with Gasteiger partial charge in [0.15, 0.2) is 0 Å². The van der Waals surface area contributed by atoms with Gasteiger partial charge >= 0.3 is 0 Å². The van der Waals surface area contributed by atoms with E-state index in [1.54, 1.807) is 18.2 Å². The van der Waals surface area contributed by atoms with Crippen LogP contribution in [0.5, 0.6) is 0 Å². The van der Waals surface area contributed by atoms with Gasteiger partial charge in [0.25, 0.3) is 0 Å². The first-order valence-electron chi connectivity index (χ1n) is 5.67. The molecule has 0 saturated heterocycles. The summed E-state index contributed by atoms with van der Waals surface area (Å²) in [6, 6.07) is 4.92. The van der Waals surface area contributed by atoms with Gasteiger partial charge in [-0.05, 0) is 50.1 Å². The van der Waals surface area contributed by atoms with Crippen molar-refractivity contribution in [2.75, 3.05) is 5.73 Å². The lowest BCUT2D eigenvalue weighted by Gasteiger charge is -2.05. The van der Waals surface area contributed by atoms with Crippen LogP contribution in [-0.2, 0) is 0 Å². The van der Waals surface area contributed by atoms with Gasteiger partial charge in [0, 0.05) is 22.0 Å². The van der Waals surface area contributed by atoms with Crippen molar-refractivity contribution in [3.05, 3.63) is 51.3 Å². The number of nitrogen functional groups attached to an aromatic ring is 1. The summed E-state index contributed by atoms with van der Waals surface area (Å²) in [4.78, 5) is 15.5. The van der Waals surface area contributed by atoms with Crippen molar-refractivity contribution in [2.24, 2.45) is 0 Å². The lowest BCUT2D eigenvalue weighted by Crippen LogP contribution is -2.07. The summed E-state index contributed by atoms with van der Waals surface area (Å²) in [5, 5.41) is 0.527. The summed E-state index contributed by atoms with van der Waals surface area (Å²) >= 11 is 5.83. The summed E-state index contributed by atoms with van der Waals surface area (Å²) in [6.07, 6.45) is 0. The molecule has 0 atom stereocenters. The van der Waals surface area contributed by atoms with Crippen LogP contribution in [0.25, 0.3) is 0 Å². The van der Waals surface area contributed by atoms with Gasteiger partial charge in [-0.2, -0.15) is 0 Å².